The number of aromatic nitrogens is 1. The molecule has 0 spiro atoms. The van der Waals surface area contributed by atoms with E-state index in [1.54, 1.807) is 7.11 Å². The van der Waals surface area contributed by atoms with Gasteiger partial charge in [0.2, 0.25) is 0 Å². The molecule has 3 heteroatoms. The van der Waals surface area contributed by atoms with Crippen LogP contribution in [-0.4, -0.2) is 11.5 Å². The van der Waals surface area contributed by atoms with Crippen LogP contribution in [-0.2, 0) is 13.0 Å². The van der Waals surface area contributed by atoms with Gasteiger partial charge < -0.3 is 13.9 Å². The molecular formula is C26H23NO2. The van der Waals surface area contributed by atoms with Gasteiger partial charge in [-0.15, -0.1) is 0 Å². The summed E-state index contributed by atoms with van der Waals surface area (Å²) in [5, 5.41) is 0. The van der Waals surface area contributed by atoms with Gasteiger partial charge in [-0.05, 0) is 59.5 Å². The number of ether oxygens (including phenoxy) is 2. The minimum absolute atomic E-state index is 0.577. The van der Waals surface area contributed by atoms with Crippen LogP contribution in [0.1, 0.15) is 18.1 Å². The molecule has 3 nitrogen and oxygen atoms in total. The zero-order valence-electron chi connectivity index (χ0n) is 16.7. The predicted molar refractivity (Wildman–Crippen MR) is 118 cm³/mol. The largest absolute Gasteiger partial charge is 0.495 e. The molecule has 0 aliphatic heterocycles. The Hall–Kier alpha value is -3.46. The maximum atomic E-state index is 5.96. The average Bonchev–Trinajstić information content (AvgIpc) is 3.35. The van der Waals surface area contributed by atoms with Gasteiger partial charge in [0.15, 0.2) is 0 Å². The number of nitrogens with zero attached hydrogens (tertiary/aromatic N) is 1. The van der Waals surface area contributed by atoms with Crippen molar-refractivity contribution in [1.29, 1.82) is 0 Å². The standard InChI is InChI=1S/C26H23NO2/c1-3-21-22-15-16-25(28-2)23-13-14-24(27(22)23)26(21)19-9-11-20(12-10-19)29-17-18-7-5-4-6-8-18/h4-16H,3,17H2,1-2H3. The second-order valence-electron chi connectivity index (χ2n) is 7.23. The number of aryl methyl sites for hydroxylation is 1. The van der Waals surface area contributed by atoms with Crippen molar-refractivity contribution in [2.75, 3.05) is 7.11 Å². The summed E-state index contributed by atoms with van der Waals surface area (Å²) in [6.07, 6.45) is 0.977. The lowest BCUT2D eigenvalue weighted by molar-refractivity contribution is 0.306. The summed E-state index contributed by atoms with van der Waals surface area (Å²) in [6, 6.07) is 27.2. The van der Waals surface area contributed by atoms with Gasteiger partial charge in [-0.25, -0.2) is 0 Å². The van der Waals surface area contributed by atoms with Gasteiger partial charge in [0.25, 0.3) is 0 Å². The lowest BCUT2D eigenvalue weighted by atomic mass is 10.00. The normalized spacial score (nSPS) is 11.4. The maximum absolute atomic E-state index is 5.96. The van der Waals surface area contributed by atoms with Crippen molar-refractivity contribution in [3.63, 3.8) is 0 Å². The van der Waals surface area contributed by atoms with E-state index < -0.39 is 0 Å². The SMILES string of the molecule is CCc1c(-c2ccc(OCc3ccccc3)cc2)c2ccc3c(OC)ccc1n32. The molecule has 0 unspecified atom stereocenters. The van der Waals surface area contributed by atoms with E-state index in [4.69, 9.17) is 9.47 Å². The molecule has 5 rings (SSSR count). The van der Waals surface area contributed by atoms with Crippen LogP contribution < -0.4 is 9.47 Å². The van der Waals surface area contributed by atoms with E-state index >= 15 is 0 Å². The van der Waals surface area contributed by atoms with Crippen LogP contribution in [0.15, 0.2) is 78.9 Å². The van der Waals surface area contributed by atoms with Crippen molar-refractivity contribution >= 4 is 16.6 Å². The summed E-state index contributed by atoms with van der Waals surface area (Å²) < 4.78 is 13.8. The smallest absolute Gasteiger partial charge is 0.142 e. The second kappa shape index (κ2) is 7.17. The van der Waals surface area contributed by atoms with Gasteiger partial charge >= 0.3 is 0 Å². The van der Waals surface area contributed by atoms with Crippen molar-refractivity contribution in [1.82, 2.24) is 4.40 Å². The van der Waals surface area contributed by atoms with Gasteiger partial charge in [-0.2, -0.15) is 0 Å². The van der Waals surface area contributed by atoms with E-state index in [2.05, 4.69) is 72.0 Å². The summed E-state index contributed by atoms with van der Waals surface area (Å²) in [5.41, 5.74) is 8.64. The Balaban J connectivity index is 1.52. The summed E-state index contributed by atoms with van der Waals surface area (Å²) in [7, 11) is 1.73. The zero-order valence-corrected chi connectivity index (χ0v) is 16.7. The molecule has 0 aliphatic carbocycles. The fraction of sp³-hybridized carbons (Fsp3) is 0.154. The highest BCUT2D eigenvalue weighted by molar-refractivity contribution is 5.96. The van der Waals surface area contributed by atoms with Crippen LogP contribution in [0.4, 0.5) is 0 Å². The molecule has 3 heterocycles. The van der Waals surface area contributed by atoms with E-state index in [-0.39, 0.29) is 0 Å². The summed E-state index contributed by atoms with van der Waals surface area (Å²) >= 11 is 0. The molecule has 0 fully saturated rings. The first-order chi connectivity index (χ1) is 14.3. The van der Waals surface area contributed by atoms with E-state index in [9.17, 15) is 0 Å². The van der Waals surface area contributed by atoms with E-state index in [1.807, 2.05) is 18.2 Å². The van der Waals surface area contributed by atoms with Crippen molar-refractivity contribution in [3.8, 4) is 22.6 Å². The number of hydrogen-bond acceptors (Lipinski definition) is 2. The van der Waals surface area contributed by atoms with Crippen LogP contribution >= 0.6 is 0 Å². The Morgan fingerprint density at radius 3 is 2.21 bits per heavy atom. The molecule has 0 saturated heterocycles. The molecular weight excluding hydrogens is 358 g/mol. The van der Waals surface area contributed by atoms with Gasteiger partial charge in [-0.3, -0.25) is 0 Å². The highest BCUT2D eigenvalue weighted by Crippen LogP contribution is 2.39. The van der Waals surface area contributed by atoms with E-state index in [0.717, 1.165) is 23.4 Å². The lowest BCUT2D eigenvalue weighted by Crippen LogP contribution is -1.94. The highest BCUT2D eigenvalue weighted by atomic mass is 16.5. The molecule has 144 valence electrons. The first-order valence-corrected chi connectivity index (χ1v) is 9.99. The first-order valence-electron chi connectivity index (χ1n) is 9.99. The highest BCUT2D eigenvalue weighted by Gasteiger charge is 2.19. The topological polar surface area (TPSA) is 22.9 Å². The molecule has 29 heavy (non-hydrogen) atoms. The first kappa shape index (κ1) is 17.6. The van der Waals surface area contributed by atoms with Crippen molar-refractivity contribution in [2.24, 2.45) is 0 Å². The molecule has 0 radical (unpaired) electrons. The van der Waals surface area contributed by atoms with Crippen molar-refractivity contribution in [2.45, 2.75) is 20.0 Å². The third-order valence-electron chi connectivity index (χ3n) is 5.60. The fourth-order valence-corrected chi connectivity index (χ4v) is 4.23. The van der Waals surface area contributed by atoms with Crippen LogP contribution in [0.3, 0.4) is 0 Å². The Morgan fingerprint density at radius 1 is 0.759 bits per heavy atom. The second-order valence-corrected chi connectivity index (χ2v) is 7.23. The Labute approximate surface area is 170 Å². The molecule has 0 atom stereocenters. The van der Waals surface area contributed by atoms with Crippen LogP contribution in [0.25, 0.3) is 27.7 Å². The van der Waals surface area contributed by atoms with E-state index in [0.29, 0.717) is 6.61 Å². The molecule has 0 N–H and O–H groups in total. The zero-order chi connectivity index (χ0) is 19.8. The number of methoxy groups -OCH3 is 1. The fourth-order valence-electron chi connectivity index (χ4n) is 4.23. The maximum Gasteiger partial charge on any atom is 0.142 e. The minimum Gasteiger partial charge on any atom is -0.495 e. The van der Waals surface area contributed by atoms with Crippen molar-refractivity contribution < 1.29 is 9.47 Å². The molecule has 2 aromatic carbocycles. The molecule has 0 saturated carbocycles. The number of rotatable bonds is 6. The lowest BCUT2D eigenvalue weighted by Gasteiger charge is -2.08. The predicted octanol–water partition coefficient (Wildman–Crippen LogP) is 6.35. The Bertz CT molecular complexity index is 1250. The van der Waals surface area contributed by atoms with Crippen LogP contribution in [0.5, 0.6) is 11.5 Å². The van der Waals surface area contributed by atoms with Crippen LogP contribution in [0.2, 0.25) is 0 Å². The third kappa shape index (κ3) is 2.90. The van der Waals surface area contributed by atoms with Gasteiger partial charge in [0, 0.05) is 5.56 Å². The summed E-state index contributed by atoms with van der Waals surface area (Å²) in [6.45, 7) is 2.79. The monoisotopic (exact) mass is 381 g/mol. The van der Waals surface area contributed by atoms with Gasteiger partial charge in [0.05, 0.1) is 23.7 Å². The Morgan fingerprint density at radius 2 is 1.48 bits per heavy atom. The Kier molecular flexibility index (Phi) is 4.36. The number of benzene rings is 2. The van der Waals surface area contributed by atoms with Crippen LogP contribution in [0, 0.1) is 0 Å². The number of pyridine rings is 1. The summed E-state index contributed by atoms with van der Waals surface area (Å²) in [4.78, 5) is 0. The molecule has 5 aromatic rings. The van der Waals surface area contributed by atoms with Crippen molar-refractivity contribution in [3.05, 3.63) is 90.0 Å². The molecule has 0 bridgehead atoms. The number of hydrogen-bond donors (Lipinski definition) is 0. The molecule has 3 aromatic heterocycles. The van der Waals surface area contributed by atoms with Gasteiger partial charge in [-0.1, -0.05) is 49.4 Å². The van der Waals surface area contributed by atoms with E-state index in [1.165, 1.54) is 33.3 Å². The quantitative estimate of drug-likeness (QED) is 0.342. The summed E-state index contributed by atoms with van der Waals surface area (Å²) in [5.74, 6) is 1.79. The average molecular weight is 381 g/mol. The molecule has 0 amide bonds. The third-order valence-corrected chi connectivity index (χ3v) is 5.60. The van der Waals surface area contributed by atoms with Gasteiger partial charge in [0.1, 0.15) is 18.1 Å². The minimum atomic E-state index is 0.577. The molecule has 0 aliphatic rings.